The first kappa shape index (κ1) is 13.2. The summed E-state index contributed by atoms with van der Waals surface area (Å²) in [6.07, 6.45) is 0.0201. The Morgan fingerprint density at radius 3 is 2.95 bits per heavy atom. The molecule has 0 bridgehead atoms. The molecule has 0 spiro atoms. The Hall–Kier alpha value is -2.26. The SMILES string of the molecule is N#CCN(CCC(=O)O)Cc1ccc2c(c1)OCO2. The van der Waals surface area contributed by atoms with E-state index in [4.69, 9.17) is 19.8 Å². The van der Waals surface area contributed by atoms with Crippen molar-refractivity contribution < 1.29 is 19.4 Å². The van der Waals surface area contributed by atoms with Gasteiger partial charge in [0.15, 0.2) is 11.5 Å². The Bertz CT molecular complexity index is 510. The summed E-state index contributed by atoms with van der Waals surface area (Å²) in [6, 6.07) is 7.60. The molecule has 0 amide bonds. The summed E-state index contributed by atoms with van der Waals surface area (Å²) >= 11 is 0. The van der Waals surface area contributed by atoms with Gasteiger partial charge in [-0.15, -0.1) is 0 Å². The quantitative estimate of drug-likeness (QED) is 0.776. The Labute approximate surface area is 110 Å². The molecule has 100 valence electrons. The molecule has 0 atom stereocenters. The summed E-state index contributed by atoms with van der Waals surface area (Å²) in [7, 11) is 0. The first-order valence-corrected chi connectivity index (χ1v) is 5.88. The molecular weight excluding hydrogens is 248 g/mol. The predicted octanol–water partition coefficient (Wildman–Crippen LogP) is 1.22. The number of benzene rings is 1. The molecular formula is C13H14N2O4. The molecule has 1 aromatic carbocycles. The number of rotatable bonds is 6. The van der Waals surface area contributed by atoms with Gasteiger partial charge in [-0.05, 0) is 17.7 Å². The van der Waals surface area contributed by atoms with Crippen molar-refractivity contribution in [3.63, 3.8) is 0 Å². The molecule has 6 heteroatoms. The molecule has 0 fully saturated rings. The van der Waals surface area contributed by atoms with Crippen LogP contribution in [-0.2, 0) is 11.3 Å². The van der Waals surface area contributed by atoms with E-state index in [0.29, 0.717) is 24.6 Å². The van der Waals surface area contributed by atoms with Crippen molar-refractivity contribution in [1.29, 1.82) is 5.26 Å². The predicted molar refractivity (Wildman–Crippen MR) is 65.7 cm³/mol. The van der Waals surface area contributed by atoms with Gasteiger partial charge in [-0.2, -0.15) is 5.26 Å². The van der Waals surface area contributed by atoms with Gasteiger partial charge in [0.1, 0.15) is 0 Å². The third-order valence-corrected chi connectivity index (χ3v) is 2.78. The van der Waals surface area contributed by atoms with Crippen LogP contribution >= 0.6 is 0 Å². The second-order valence-corrected chi connectivity index (χ2v) is 4.20. The summed E-state index contributed by atoms with van der Waals surface area (Å²) < 4.78 is 10.5. The molecule has 1 N–H and O–H groups in total. The summed E-state index contributed by atoms with van der Waals surface area (Å²) in [5.41, 5.74) is 0.963. The van der Waals surface area contributed by atoms with Crippen molar-refractivity contribution in [3.8, 4) is 17.6 Å². The van der Waals surface area contributed by atoms with Gasteiger partial charge < -0.3 is 14.6 Å². The highest BCUT2D eigenvalue weighted by Gasteiger charge is 2.15. The maximum atomic E-state index is 10.6. The Balaban J connectivity index is 2.00. The van der Waals surface area contributed by atoms with Gasteiger partial charge in [0.2, 0.25) is 6.79 Å². The molecule has 6 nitrogen and oxygen atoms in total. The molecule has 0 saturated heterocycles. The van der Waals surface area contributed by atoms with E-state index in [9.17, 15) is 4.79 Å². The van der Waals surface area contributed by atoms with Crippen molar-refractivity contribution >= 4 is 5.97 Å². The zero-order valence-electron chi connectivity index (χ0n) is 10.3. The third-order valence-electron chi connectivity index (χ3n) is 2.78. The highest BCUT2D eigenvalue weighted by molar-refractivity contribution is 5.66. The van der Waals surface area contributed by atoms with Crippen molar-refractivity contribution in [1.82, 2.24) is 4.90 Å². The lowest BCUT2D eigenvalue weighted by molar-refractivity contribution is -0.137. The summed E-state index contributed by atoms with van der Waals surface area (Å²) in [5.74, 6) is 0.530. The van der Waals surface area contributed by atoms with Gasteiger partial charge in [0.25, 0.3) is 0 Å². The molecule has 2 rings (SSSR count). The van der Waals surface area contributed by atoms with Crippen LogP contribution < -0.4 is 9.47 Å². The number of aliphatic carboxylic acids is 1. The van der Waals surface area contributed by atoms with Crippen molar-refractivity contribution in [3.05, 3.63) is 23.8 Å². The fourth-order valence-electron chi connectivity index (χ4n) is 1.87. The van der Waals surface area contributed by atoms with Crippen molar-refractivity contribution in [2.75, 3.05) is 19.9 Å². The van der Waals surface area contributed by atoms with E-state index >= 15 is 0 Å². The minimum Gasteiger partial charge on any atom is -0.481 e. The van der Waals surface area contributed by atoms with Gasteiger partial charge in [0, 0.05) is 13.1 Å². The van der Waals surface area contributed by atoms with Crippen LogP contribution in [0, 0.1) is 11.3 Å². The zero-order chi connectivity index (χ0) is 13.7. The number of ether oxygens (including phenoxy) is 2. The summed E-state index contributed by atoms with van der Waals surface area (Å²) in [5, 5.41) is 17.4. The van der Waals surface area contributed by atoms with Crippen LogP contribution in [0.15, 0.2) is 18.2 Å². The lowest BCUT2D eigenvalue weighted by Crippen LogP contribution is -2.26. The fraction of sp³-hybridized carbons (Fsp3) is 0.385. The number of nitriles is 1. The van der Waals surface area contributed by atoms with Crippen molar-refractivity contribution in [2.24, 2.45) is 0 Å². The highest BCUT2D eigenvalue weighted by Crippen LogP contribution is 2.32. The van der Waals surface area contributed by atoms with Gasteiger partial charge in [-0.3, -0.25) is 9.69 Å². The van der Waals surface area contributed by atoms with E-state index in [0.717, 1.165) is 5.56 Å². The first-order chi connectivity index (χ1) is 9.19. The van der Waals surface area contributed by atoms with Crippen LogP contribution in [0.2, 0.25) is 0 Å². The Morgan fingerprint density at radius 1 is 1.42 bits per heavy atom. The molecule has 0 unspecified atom stereocenters. The molecule has 1 aliphatic rings. The van der Waals surface area contributed by atoms with Gasteiger partial charge in [0.05, 0.1) is 19.0 Å². The lowest BCUT2D eigenvalue weighted by atomic mass is 10.2. The average Bonchev–Trinajstić information content (AvgIpc) is 2.83. The number of carboxylic acid groups (broad SMARTS) is 1. The topological polar surface area (TPSA) is 82.8 Å². The molecule has 19 heavy (non-hydrogen) atoms. The molecule has 1 heterocycles. The lowest BCUT2D eigenvalue weighted by Gasteiger charge is -2.18. The van der Waals surface area contributed by atoms with E-state index in [2.05, 4.69) is 0 Å². The first-order valence-electron chi connectivity index (χ1n) is 5.88. The molecule has 0 saturated carbocycles. The normalized spacial score (nSPS) is 12.4. The number of fused-ring (bicyclic) bond motifs is 1. The largest absolute Gasteiger partial charge is 0.481 e. The van der Waals surface area contributed by atoms with E-state index in [1.807, 2.05) is 24.3 Å². The summed E-state index contributed by atoms with van der Waals surface area (Å²) in [4.78, 5) is 12.4. The van der Waals surface area contributed by atoms with Crippen LogP contribution in [0.3, 0.4) is 0 Å². The summed E-state index contributed by atoms with van der Waals surface area (Å²) in [6.45, 7) is 1.27. The minimum atomic E-state index is -0.867. The van der Waals surface area contributed by atoms with Gasteiger partial charge >= 0.3 is 5.97 Å². The maximum Gasteiger partial charge on any atom is 0.304 e. The number of hydrogen-bond acceptors (Lipinski definition) is 5. The maximum absolute atomic E-state index is 10.6. The van der Waals surface area contributed by atoms with E-state index in [1.54, 1.807) is 4.90 Å². The van der Waals surface area contributed by atoms with E-state index < -0.39 is 5.97 Å². The monoisotopic (exact) mass is 262 g/mol. The highest BCUT2D eigenvalue weighted by atomic mass is 16.7. The zero-order valence-corrected chi connectivity index (χ0v) is 10.3. The molecule has 0 aromatic heterocycles. The number of carbonyl (C=O) groups is 1. The smallest absolute Gasteiger partial charge is 0.304 e. The van der Waals surface area contributed by atoms with Crippen LogP contribution in [0.1, 0.15) is 12.0 Å². The molecule has 0 aliphatic carbocycles. The number of nitrogens with zero attached hydrogens (tertiary/aromatic N) is 2. The Morgan fingerprint density at radius 2 is 2.21 bits per heavy atom. The average molecular weight is 262 g/mol. The van der Waals surface area contributed by atoms with E-state index in [1.165, 1.54) is 0 Å². The molecule has 1 aromatic rings. The van der Waals surface area contributed by atoms with Crippen LogP contribution in [0.4, 0.5) is 0 Å². The molecule has 0 radical (unpaired) electrons. The number of hydrogen-bond donors (Lipinski definition) is 1. The van der Waals surface area contributed by atoms with Crippen LogP contribution in [-0.4, -0.2) is 35.9 Å². The van der Waals surface area contributed by atoms with E-state index in [-0.39, 0.29) is 19.8 Å². The Kier molecular flexibility index (Phi) is 4.21. The van der Waals surface area contributed by atoms with Gasteiger partial charge in [-0.25, -0.2) is 0 Å². The fourth-order valence-corrected chi connectivity index (χ4v) is 1.87. The third kappa shape index (κ3) is 3.60. The number of carboxylic acids is 1. The van der Waals surface area contributed by atoms with Crippen LogP contribution in [0.5, 0.6) is 11.5 Å². The second kappa shape index (κ2) is 6.07. The standard InChI is InChI=1S/C13H14N2O4/c14-4-6-15(5-3-13(16)17)8-10-1-2-11-12(7-10)19-9-18-11/h1-2,7H,3,5-6,8-9H2,(H,16,17). The second-order valence-electron chi connectivity index (χ2n) is 4.20. The van der Waals surface area contributed by atoms with Crippen molar-refractivity contribution in [2.45, 2.75) is 13.0 Å². The van der Waals surface area contributed by atoms with Gasteiger partial charge in [-0.1, -0.05) is 6.07 Å². The minimum absolute atomic E-state index is 0.0201. The molecule has 1 aliphatic heterocycles. The van der Waals surface area contributed by atoms with Crippen LogP contribution in [0.25, 0.3) is 0 Å².